The molecule has 110 valence electrons. The average molecular weight is 306 g/mol. The number of rotatable bonds is 2. The molecular formula is C12H22N2O3S2. The zero-order valence-electron chi connectivity index (χ0n) is 11.5. The van der Waals surface area contributed by atoms with E-state index < -0.39 is 20.6 Å². The number of hydrogen-bond donors (Lipinski definition) is 1. The first-order chi connectivity index (χ1) is 8.84. The summed E-state index contributed by atoms with van der Waals surface area (Å²) in [4.78, 5) is 14.4. The first-order valence-corrected chi connectivity index (χ1v) is 9.74. The van der Waals surface area contributed by atoms with E-state index in [-0.39, 0.29) is 5.91 Å². The van der Waals surface area contributed by atoms with E-state index in [2.05, 4.69) is 5.32 Å². The summed E-state index contributed by atoms with van der Waals surface area (Å²) in [5.41, 5.74) is -0.407. The number of hydrogen-bond acceptors (Lipinski definition) is 5. The Hall–Kier alpha value is -0.270. The summed E-state index contributed by atoms with van der Waals surface area (Å²) >= 11 is 1.61. The van der Waals surface area contributed by atoms with Crippen LogP contribution < -0.4 is 5.32 Å². The fourth-order valence-corrected chi connectivity index (χ4v) is 5.52. The quantitative estimate of drug-likeness (QED) is 0.796. The molecule has 2 aliphatic rings. The van der Waals surface area contributed by atoms with Crippen molar-refractivity contribution in [2.45, 2.75) is 25.1 Å². The van der Waals surface area contributed by atoms with Gasteiger partial charge in [-0.1, -0.05) is 6.92 Å². The molecule has 0 spiro atoms. The third-order valence-electron chi connectivity index (χ3n) is 4.06. The molecule has 0 bridgehead atoms. The van der Waals surface area contributed by atoms with Crippen molar-refractivity contribution in [2.24, 2.45) is 5.41 Å². The van der Waals surface area contributed by atoms with Crippen LogP contribution in [0.4, 0.5) is 0 Å². The molecule has 19 heavy (non-hydrogen) atoms. The van der Waals surface area contributed by atoms with E-state index in [1.54, 1.807) is 16.7 Å². The van der Waals surface area contributed by atoms with Gasteiger partial charge < -0.3 is 10.2 Å². The van der Waals surface area contributed by atoms with Gasteiger partial charge >= 0.3 is 0 Å². The molecule has 0 aromatic carbocycles. The van der Waals surface area contributed by atoms with Crippen molar-refractivity contribution in [2.75, 3.05) is 37.4 Å². The van der Waals surface area contributed by atoms with Crippen LogP contribution in [-0.2, 0) is 14.6 Å². The first-order valence-electron chi connectivity index (χ1n) is 6.63. The number of nitrogens with one attached hydrogen (secondary N) is 1. The van der Waals surface area contributed by atoms with Gasteiger partial charge in [-0.25, -0.2) is 8.42 Å². The summed E-state index contributed by atoms with van der Waals surface area (Å²) in [6.07, 6.45) is 2.80. The van der Waals surface area contributed by atoms with Crippen molar-refractivity contribution in [3.05, 3.63) is 0 Å². The van der Waals surface area contributed by atoms with Crippen molar-refractivity contribution >= 4 is 27.5 Å². The molecule has 2 saturated heterocycles. The van der Waals surface area contributed by atoms with E-state index in [0.29, 0.717) is 12.3 Å². The molecule has 2 rings (SSSR count). The highest BCUT2D eigenvalue weighted by atomic mass is 32.2. The third-order valence-corrected chi connectivity index (χ3v) is 6.71. The van der Waals surface area contributed by atoms with Gasteiger partial charge in [0.05, 0.1) is 0 Å². The summed E-state index contributed by atoms with van der Waals surface area (Å²) in [5.74, 6) is 1.34. The number of amides is 1. The van der Waals surface area contributed by atoms with Crippen molar-refractivity contribution in [3.63, 3.8) is 0 Å². The van der Waals surface area contributed by atoms with E-state index in [0.717, 1.165) is 31.7 Å². The number of carbonyl (C=O) groups excluding carboxylic acids is 1. The van der Waals surface area contributed by atoms with Gasteiger partial charge in [-0.05, 0) is 25.9 Å². The molecule has 0 aromatic heterocycles. The van der Waals surface area contributed by atoms with E-state index >= 15 is 0 Å². The van der Waals surface area contributed by atoms with Crippen molar-refractivity contribution < 1.29 is 13.2 Å². The Morgan fingerprint density at radius 1 is 1.37 bits per heavy atom. The molecular weight excluding hydrogens is 284 g/mol. The van der Waals surface area contributed by atoms with Gasteiger partial charge in [0.25, 0.3) is 0 Å². The average Bonchev–Trinajstić information content (AvgIpc) is 2.38. The lowest BCUT2D eigenvalue weighted by Crippen LogP contribution is -2.56. The van der Waals surface area contributed by atoms with Crippen LogP contribution in [0.15, 0.2) is 0 Å². The molecule has 0 radical (unpaired) electrons. The van der Waals surface area contributed by atoms with Gasteiger partial charge in [0.1, 0.15) is 5.37 Å². The monoisotopic (exact) mass is 306 g/mol. The Morgan fingerprint density at radius 2 is 2.00 bits per heavy atom. The van der Waals surface area contributed by atoms with Gasteiger partial charge in [-0.3, -0.25) is 4.79 Å². The highest BCUT2D eigenvalue weighted by Crippen LogP contribution is 2.33. The predicted octanol–water partition coefficient (Wildman–Crippen LogP) is 0.322. The zero-order valence-corrected chi connectivity index (χ0v) is 13.1. The van der Waals surface area contributed by atoms with E-state index in [4.69, 9.17) is 0 Å². The Bertz CT molecular complexity index is 444. The molecule has 1 N–H and O–H groups in total. The lowest BCUT2D eigenvalue weighted by molar-refractivity contribution is -0.143. The molecule has 0 aromatic rings. The number of piperidine rings is 1. The largest absolute Gasteiger partial charge is 0.324 e. The molecule has 2 heterocycles. The maximum atomic E-state index is 12.8. The number of sulfone groups is 1. The lowest BCUT2D eigenvalue weighted by Gasteiger charge is -2.41. The van der Waals surface area contributed by atoms with Gasteiger partial charge in [0, 0.05) is 29.7 Å². The summed E-state index contributed by atoms with van der Waals surface area (Å²) in [6, 6.07) is 0. The van der Waals surface area contributed by atoms with Crippen LogP contribution in [0.5, 0.6) is 0 Å². The summed E-state index contributed by atoms with van der Waals surface area (Å²) in [6.45, 7) is 4.17. The Morgan fingerprint density at radius 3 is 2.58 bits per heavy atom. The fourth-order valence-electron chi connectivity index (χ4n) is 2.71. The number of thioether (sulfide) groups is 1. The zero-order chi connectivity index (χ0) is 14.1. The van der Waals surface area contributed by atoms with Crippen LogP contribution in [-0.4, -0.2) is 62.0 Å². The minimum absolute atomic E-state index is 0.0183. The number of nitrogens with zero attached hydrogens (tertiary/aromatic N) is 1. The van der Waals surface area contributed by atoms with E-state index in [1.807, 2.05) is 6.92 Å². The van der Waals surface area contributed by atoms with Crippen LogP contribution in [0.3, 0.4) is 0 Å². The minimum Gasteiger partial charge on any atom is -0.324 e. The molecule has 1 unspecified atom stereocenters. The van der Waals surface area contributed by atoms with E-state index in [9.17, 15) is 13.2 Å². The Labute approximate surface area is 119 Å². The highest BCUT2D eigenvalue weighted by Gasteiger charge is 2.43. The topological polar surface area (TPSA) is 66.5 Å². The minimum atomic E-state index is -3.22. The van der Waals surface area contributed by atoms with Crippen LogP contribution in [0.25, 0.3) is 0 Å². The van der Waals surface area contributed by atoms with Gasteiger partial charge in [0.2, 0.25) is 5.91 Å². The van der Waals surface area contributed by atoms with Crippen LogP contribution >= 0.6 is 11.8 Å². The Kier molecular flexibility index (Phi) is 4.47. The normalized spacial score (nSPS) is 28.1. The SMILES string of the molecule is CC1(C(=O)N2CCSCC2S(C)(=O)=O)CCNCC1. The maximum absolute atomic E-state index is 12.8. The summed E-state index contributed by atoms with van der Waals surface area (Å²) in [7, 11) is -3.22. The molecule has 1 amide bonds. The molecule has 0 aliphatic carbocycles. The van der Waals surface area contributed by atoms with Crippen LogP contribution in [0.2, 0.25) is 0 Å². The van der Waals surface area contributed by atoms with Crippen molar-refractivity contribution in [1.82, 2.24) is 10.2 Å². The second-order valence-corrected chi connectivity index (χ2v) is 9.02. The van der Waals surface area contributed by atoms with Gasteiger partial charge in [-0.15, -0.1) is 0 Å². The lowest BCUT2D eigenvalue weighted by atomic mass is 9.79. The predicted molar refractivity (Wildman–Crippen MR) is 77.9 cm³/mol. The van der Waals surface area contributed by atoms with Gasteiger partial charge in [0.15, 0.2) is 9.84 Å². The molecule has 2 aliphatic heterocycles. The fraction of sp³-hybridized carbons (Fsp3) is 0.917. The van der Waals surface area contributed by atoms with Crippen LogP contribution in [0, 0.1) is 5.41 Å². The highest BCUT2D eigenvalue weighted by molar-refractivity contribution is 8.00. The molecule has 1 atom stereocenters. The van der Waals surface area contributed by atoms with Crippen LogP contribution in [0.1, 0.15) is 19.8 Å². The summed E-state index contributed by atoms with van der Waals surface area (Å²) in [5, 5.41) is 2.60. The second-order valence-electron chi connectivity index (χ2n) is 5.67. The standard InChI is InChI=1S/C12H22N2O3S2/c1-12(3-5-13-6-4-12)11(15)14-7-8-18-9-10(14)19(2,16)17/h10,13H,3-9H2,1-2H3. The van der Waals surface area contributed by atoms with Gasteiger partial charge in [-0.2, -0.15) is 11.8 Å². The molecule has 7 heteroatoms. The van der Waals surface area contributed by atoms with Crippen molar-refractivity contribution in [3.8, 4) is 0 Å². The van der Waals surface area contributed by atoms with Crippen molar-refractivity contribution in [1.29, 1.82) is 0 Å². The first kappa shape index (κ1) is 15.1. The molecule has 2 fully saturated rings. The maximum Gasteiger partial charge on any atom is 0.229 e. The third kappa shape index (κ3) is 3.25. The smallest absolute Gasteiger partial charge is 0.229 e. The Balaban J connectivity index is 2.20. The number of carbonyl (C=O) groups is 1. The second kappa shape index (κ2) is 5.61. The summed E-state index contributed by atoms with van der Waals surface area (Å²) < 4.78 is 23.7. The van der Waals surface area contributed by atoms with E-state index in [1.165, 1.54) is 6.26 Å². The molecule has 5 nitrogen and oxygen atoms in total. The molecule has 0 saturated carbocycles.